The van der Waals surface area contributed by atoms with Gasteiger partial charge in [-0.1, -0.05) is 55.5 Å². The molecule has 0 aromatic heterocycles. The molecule has 0 saturated carbocycles. The van der Waals surface area contributed by atoms with Gasteiger partial charge in [-0.05, 0) is 72.2 Å². The van der Waals surface area contributed by atoms with Crippen LogP contribution in [0.3, 0.4) is 0 Å². The number of amides is 1. The van der Waals surface area contributed by atoms with Crippen molar-refractivity contribution in [1.82, 2.24) is 5.32 Å². The molecule has 0 saturated heterocycles. The summed E-state index contributed by atoms with van der Waals surface area (Å²) in [6.45, 7) is 4.02. The highest BCUT2D eigenvalue weighted by molar-refractivity contribution is 5.84. The zero-order valence-electron chi connectivity index (χ0n) is 16.6. The minimum atomic E-state index is -0.502. The van der Waals surface area contributed by atoms with Gasteiger partial charge in [0.2, 0.25) is 0 Å². The molecule has 2 atom stereocenters. The Morgan fingerprint density at radius 2 is 1.79 bits per heavy atom. The van der Waals surface area contributed by atoms with E-state index in [9.17, 15) is 4.79 Å². The van der Waals surface area contributed by atoms with Crippen molar-refractivity contribution in [3.05, 3.63) is 77.4 Å². The number of carbonyl (C=O) groups is 1. The van der Waals surface area contributed by atoms with Crippen LogP contribution in [-0.2, 0) is 17.6 Å². The third kappa shape index (κ3) is 3.89. The maximum atomic E-state index is 12.8. The summed E-state index contributed by atoms with van der Waals surface area (Å²) in [5, 5.41) is 5.41. The summed E-state index contributed by atoms with van der Waals surface area (Å²) in [5.41, 5.74) is 4.04. The fourth-order valence-electron chi connectivity index (χ4n) is 3.98. The van der Waals surface area contributed by atoms with E-state index in [4.69, 9.17) is 4.74 Å². The summed E-state index contributed by atoms with van der Waals surface area (Å²) >= 11 is 0. The first kappa shape index (κ1) is 18.5. The molecule has 3 heteroatoms. The quantitative estimate of drug-likeness (QED) is 0.631. The highest BCUT2D eigenvalue weighted by Crippen LogP contribution is 2.26. The second-order valence-corrected chi connectivity index (χ2v) is 7.64. The molecule has 3 nitrogen and oxygen atoms in total. The van der Waals surface area contributed by atoms with Crippen LogP contribution in [0.15, 0.2) is 60.7 Å². The predicted octanol–water partition coefficient (Wildman–Crippen LogP) is 5.36. The van der Waals surface area contributed by atoms with Gasteiger partial charge in [0.25, 0.3) is 5.91 Å². The SMILES string of the molecule is CC[C@H](Oc1ccc2ccccc2c1)C(=O)N[C@@H](C)c1ccc2c(c1)CCC2. The van der Waals surface area contributed by atoms with Gasteiger partial charge >= 0.3 is 0 Å². The molecule has 1 aliphatic rings. The van der Waals surface area contributed by atoms with Gasteiger partial charge in [-0.3, -0.25) is 4.79 Å². The first-order valence-electron chi connectivity index (χ1n) is 10.2. The molecule has 4 rings (SSSR count). The number of benzene rings is 3. The van der Waals surface area contributed by atoms with Crippen molar-refractivity contribution in [2.45, 2.75) is 51.7 Å². The van der Waals surface area contributed by atoms with Crippen LogP contribution < -0.4 is 10.1 Å². The standard InChI is InChI=1S/C25H27NO2/c1-3-24(28-23-14-13-18-7-4-5-8-22(18)16-23)25(27)26-17(2)20-12-11-19-9-6-10-21(19)15-20/h4-5,7-8,11-17,24H,3,6,9-10H2,1-2H3,(H,26,27)/t17-,24-/m0/s1. The summed E-state index contributed by atoms with van der Waals surface area (Å²) in [5.74, 6) is 0.662. The highest BCUT2D eigenvalue weighted by Gasteiger charge is 2.21. The molecule has 28 heavy (non-hydrogen) atoms. The van der Waals surface area contributed by atoms with E-state index < -0.39 is 6.10 Å². The molecule has 1 N–H and O–H groups in total. The van der Waals surface area contributed by atoms with E-state index in [1.54, 1.807) is 0 Å². The Balaban J connectivity index is 1.44. The maximum Gasteiger partial charge on any atom is 0.261 e. The minimum absolute atomic E-state index is 0.0346. The van der Waals surface area contributed by atoms with Crippen LogP contribution in [0.1, 0.15) is 49.4 Å². The fraction of sp³-hybridized carbons (Fsp3) is 0.320. The largest absolute Gasteiger partial charge is 0.481 e. The molecule has 0 aliphatic heterocycles. The van der Waals surface area contributed by atoms with Crippen molar-refractivity contribution in [3.8, 4) is 5.75 Å². The molecular formula is C25H27NO2. The topological polar surface area (TPSA) is 38.3 Å². The zero-order valence-corrected chi connectivity index (χ0v) is 16.6. The average molecular weight is 373 g/mol. The van der Waals surface area contributed by atoms with Crippen molar-refractivity contribution < 1.29 is 9.53 Å². The van der Waals surface area contributed by atoms with Crippen LogP contribution in [-0.4, -0.2) is 12.0 Å². The molecule has 144 valence electrons. The number of aryl methyl sites for hydroxylation is 2. The second-order valence-electron chi connectivity index (χ2n) is 7.64. The molecule has 0 heterocycles. The summed E-state index contributed by atoms with van der Waals surface area (Å²) in [7, 11) is 0. The number of fused-ring (bicyclic) bond motifs is 2. The Labute approximate surface area is 166 Å². The zero-order chi connectivity index (χ0) is 19.5. The first-order chi connectivity index (χ1) is 13.6. The predicted molar refractivity (Wildman–Crippen MR) is 114 cm³/mol. The lowest BCUT2D eigenvalue weighted by Crippen LogP contribution is -2.39. The molecule has 1 aliphatic carbocycles. The lowest BCUT2D eigenvalue weighted by Gasteiger charge is -2.21. The molecule has 0 spiro atoms. The van der Waals surface area contributed by atoms with Crippen molar-refractivity contribution in [3.63, 3.8) is 0 Å². The van der Waals surface area contributed by atoms with E-state index in [1.807, 2.05) is 44.2 Å². The highest BCUT2D eigenvalue weighted by atomic mass is 16.5. The van der Waals surface area contributed by atoms with Crippen molar-refractivity contribution >= 4 is 16.7 Å². The van der Waals surface area contributed by atoms with Crippen molar-refractivity contribution in [2.75, 3.05) is 0 Å². The van der Waals surface area contributed by atoms with E-state index in [1.165, 1.54) is 24.0 Å². The molecule has 0 bridgehead atoms. The van der Waals surface area contributed by atoms with Gasteiger partial charge in [-0.2, -0.15) is 0 Å². The van der Waals surface area contributed by atoms with Crippen LogP contribution >= 0.6 is 0 Å². The number of carbonyl (C=O) groups excluding carboxylic acids is 1. The molecule has 1 amide bonds. The lowest BCUT2D eigenvalue weighted by atomic mass is 10.0. The van der Waals surface area contributed by atoms with Crippen LogP contribution in [0.25, 0.3) is 10.8 Å². The molecule has 3 aromatic rings. The van der Waals surface area contributed by atoms with Gasteiger partial charge in [0.1, 0.15) is 5.75 Å². The third-order valence-electron chi connectivity index (χ3n) is 5.64. The number of ether oxygens (including phenoxy) is 1. The summed E-state index contributed by atoms with van der Waals surface area (Å²) in [6.07, 6.45) is 3.67. The smallest absolute Gasteiger partial charge is 0.261 e. The van der Waals surface area contributed by atoms with Gasteiger partial charge in [0.05, 0.1) is 6.04 Å². The summed E-state index contributed by atoms with van der Waals surface area (Å²) in [4.78, 5) is 12.8. The average Bonchev–Trinajstić information content (AvgIpc) is 3.19. The van der Waals surface area contributed by atoms with Gasteiger partial charge in [0, 0.05) is 0 Å². The molecule has 0 unspecified atom stereocenters. The number of hydrogen-bond acceptors (Lipinski definition) is 2. The van der Waals surface area contributed by atoms with Crippen molar-refractivity contribution in [1.29, 1.82) is 0 Å². The third-order valence-corrected chi connectivity index (χ3v) is 5.64. The number of nitrogens with one attached hydrogen (secondary N) is 1. The van der Waals surface area contributed by atoms with Gasteiger partial charge in [-0.15, -0.1) is 0 Å². The van der Waals surface area contributed by atoms with Crippen molar-refractivity contribution in [2.24, 2.45) is 0 Å². The number of hydrogen-bond donors (Lipinski definition) is 1. The van der Waals surface area contributed by atoms with Crippen LogP contribution in [0.5, 0.6) is 5.75 Å². The molecular weight excluding hydrogens is 346 g/mol. The Hall–Kier alpha value is -2.81. The van der Waals surface area contributed by atoms with E-state index in [0.29, 0.717) is 6.42 Å². The van der Waals surface area contributed by atoms with Crippen LogP contribution in [0, 0.1) is 0 Å². The Kier molecular flexibility index (Phi) is 5.34. The molecule has 3 aromatic carbocycles. The normalized spacial score (nSPS) is 15.1. The Morgan fingerprint density at radius 3 is 2.61 bits per heavy atom. The maximum absolute atomic E-state index is 12.8. The fourth-order valence-corrected chi connectivity index (χ4v) is 3.98. The Bertz CT molecular complexity index is 995. The number of rotatable bonds is 6. The van der Waals surface area contributed by atoms with Gasteiger partial charge in [0.15, 0.2) is 6.10 Å². The molecule has 0 radical (unpaired) electrons. The van der Waals surface area contributed by atoms with E-state index in [2.05, 4.69) is 35.6 Å². The first-order valence-corrected chi connectivity index (χ1v) is 10.2. The monoisotopic (exact) mass is 373 g/mol. The minimum Gasteiger partial charge on any atom is -0.481 e. The van der Waals surface area contributed by atoms with E-state index >= 15 is 0 Å². The van der Waals surface area contributed by atoms with E-state index in [-0.39, 0.29) is 11.9 Å². The van der Waals surface area contributed by atoms with Crippen LogP contribution in [0.2, 0.25) is 0 Å². The Morgan fingerprint density at radius 1 is 1.00 bits per heavy atom. The lowest BCUT2D eigenvalue weighted by molar-refractivity contribution is -0.128. The van der Waals surface area contributed by atoms with Gasteiger partial charge < -0.3 is 10.1 Å². The molecule has 0 fully saturated rings. The second kappa shape index (κ2) is 8.05. The van der Waals surface area contributed by atoms with Gasteiger partial charge in [-0.25, -0.2) is 0 Å². The summed E-state index contributed by atoms with van der Waals surface area (Å²) < 4.78 is 6.03. The van der Waals surface area contributed by atoms with Crippen LogP contribution in [0.4, 0.5) is 0 Å². The summed E-state index contributed by atoms with van der Waals surface area (Å²) in [6, 6.07) is 20.7. The van der Waals surface area contributed by atoms with E-state index in [0.717, 1.165) is 28.5 Å².